The van der Waals surface area contributed by atoms with Gasteiger partial charge in [-0.3, -0.25) is 9.97 Å². The molecule has 4 heterocycles. The molecule has 1 radical (unpaired) electrons. The molecule has 0 fully saturated rings. The molecule has 0 saturated carbocycles. The van der Waals surface area contributed by atoms with E-state index < -0.39 is 0 Å². The molecule has 5 aromatic carbocycles. The number of rotatable bonds is 3. The number of pyridine rings is 2. The van der Waals surface area contributed by atoms with Crippen molar-refractivity contribution in [3.05, 3.63) is 158 Å². The first-order valence-electron chi connectivity index (χ1n) is 14.4. The third-order valence-electron chi connectivity index (χ3n) is 7.62. The van der Waals surface area contributed by atoms with Gasteiger partial charge in [0.25, 0.3) is 0 Å². The topological polar surface area (TPSA) is 43.6 Å². The van der Waals surface area contributed by atoms with Crippen LogP contribution in [0.2, 0.25) is 0 Å². The minimum atomic E-state index is 0. The zero-order chi connectivity index (χ0) is 29.3. The van der Waals surface area contributed by atoms with Crippen molar-refractivity contribution in [1.82, 2.24) is 19.5 Å². The van der Waals surface area contributed by atoms with Gasteiger partial charge in [0, 0.05) is 42.1 Å². The van der Waals surface area contributed by atoms with Crippen molar-refractivity contribution in [3.8, 4) is 28.3 Å². The van der Waals surface area contributed by atoms with Crippen LogP contribution in [0.25, 0.3) is 70.4 Å². The zero-order valence-electron chi connectivity index (χ0n) is 23.9. The molecule has 0 saturated heterocycles. The minimum Gasteiger partial charge on any atom is -0.332 e. The molecule has 0 aliphatic rings. The molecule has 9 rings (SSSR count). The molecule has 0 aliphatic heterocycles. The van der Waals surface area contributed by atoms with Crippen LogP contribution in [0, 0.1) is 12.1 Å². The van der Waals surface area contributed by atoms with E-state index >= 15 is 0 Å². The van der Waals surface area contributed by atoms with Gasteiger partial charge in [-0.1, -0.05) is 77.7 Å². The maximum absolute atomic E-state index is 5.21. The minimum absolute atomic E-state index is 0. The van der Waals surface area contributed by atoms with E-state index in [0.29, 0.717) is 0 Å². The van der Waals surface area contributed by atoms with Gasteiger partial charge in [-0.25, -0.2) is 0 Å². The second-order valence-electron chi connectivity index (χ2n) is 10.3. The predicted molar refractivity (Wildman–Crippen MR) is 182 cm³/mol. The van der Waals surface area contributed by atoms with Gasteiger partial charge in [0.2, 0.25) is 0 Å². The van der Waals surface area contributed by atoms with E-state index in [0.717, 1.165) is 50.3 Å². The first-order chi connectivity index (χ1) is 21.8. The van der Waals surface area contributed by atoms with Crippen molar-refractivity contribution in [3.63, 3.8) is 0 Å². The molecule has 0 N–H and O–H groups in total. The molecule has 0 atom stereocenters. The molecule has 45 heavy (non-hydrogen) atoms. The van der Waals surface area contributed by atoms with E-state index in [1.165, 1.54) is 20.2 Å². The number of nitrogens with zero attached hydrogens (tertiary/aromatic N) is 4. The van der Waals surface area contributed by atoms with Crippen molar-refractivity contribution in [2.24, 2.45) is 0 Å². The average Bonchev–Trinajstić information content (AvgIpc) is 3.69. The van der Waals surface area contributed by atoms with Gasteiger partial charge in [0.15, 0.2) is 0 Å². The third-order valence-corrected chi connectivity index (χ3v) is 8.83. The van der Waals surface area contributed by atoms with E-state index in [1.807, 2.05) is 79.0 Å². The SMILES string of the molecule is [Ir].[c-]1ccc2c(sc3ccccc32)c1-c1nc2c3ccccc3ncc2n1-c1ccccc1.[c-]1ccccc1-c1ccccn1. The number of benzene rings is 5. The van der Waals surface area contributed by atoms with Crippen LogP contribution in [0.4, 0.5) is 0 Å². The van der Waals surface area contributed by atoms with Gasteiger partial charge >= 0.3 is 0 Å². The molecule has 9 aromatic rings. The van der Waals surface area contributed by atoms with Crippen molar-refractivity contribution in [1.29, 1.82) is 0 Å². The van der Waals surface area contributed by atoms with Gasteiger partial charge in [0.05, 0.1) is 28.6 Å². The second-order valence-corrected chi connectivity index (χ2v) is 11.4. The largest absolute Gasteiger partial charge is 0.332 e. The molecule has 4 aromatic heterocycles. The summed E-state index contributed by atoms with van der Waals surface area (Å²) in [5.74, 6) is 0.890. The van der Waals surface area contributed by atoms with Crippen LogP contribution in [-0.2, 0) is 20.1 Å². The van der Waals surface area contributed by atoms with Gasteiger partial charge in [-0.05, 0) is 46.1 Å². The van der Waals surface area contributed by atoms with E-state index in [9.17, 15) is 0 Å². The molecule has 0 spiro atoms. The summed E-state index contributed by atoms with van der Waals surface area (Å²) in [7, 11) is 0. The number of aromatic nitrogens is 4. The monoisotopic (exact) mass is 773 g/mol. The van der Waals surface area contributed by atoms with Crippen LogP contribution in [-0.4, -0.2) is 19.5 Å². The Balaban J connectivity index is 0.000000211. The Hall–Kier alpha value is -5.00. The number of para-hydroxylation sites is 2. The molecule has 4 nitrogen and oxygen atoms in total. The smallest absolute Gasteiger partial charge is 0.0884 e. The Morgan fingerprint density at radius 1 is 0.622 bits per heavy atom. The maximum Gasteiger partial charge on any atom is 0.0884 e. The summed E-state index contributed by atoms with van der Waals surface area (Å²) in [6.07, 6.45) is 3.72. The van der Waals surface area contributed by atoms with E-state index in [1.54, 1.807) is 17.5 Å². The molecule has 0 amide bonds. The second kappa shape index (κ2) is 12.5. The van der Waals surface area contributed by atoms with Gasteiger partial charge in [0.1, 0.15) is 0 Å². The number of imidazole rings is 1. The van der Waals surface area contributed by atoms with Crippen molar-refractivity contribution in [2.75, 3.05) is 0 Å². The summed E-state index contributed by atoms with van der Waals surface area (Å²) in [6, 6.07) is 51.7. The fourth-order valence-corrected chi connectivity index (χ4v) is 6.80. The number of hydrogen-bond donors (Lipinski definition) is 0. The Morgan fingerprint density at radius 3 is 2.22 bits per heavy atom. The molecule has 0 unspecified atom stereocenters. The summed E-state index contributed by atoms with van der Waals surface area (Å²) < 4.78 is 4.70. The van der Waals surface area contributed by atoms with Gasteiger partial charge in [-0.2, -0.15) is 11.3 Å². The molecular weight excluding hydrogens is 749 g/mol. The van der Waals surface area contributed by atoms with Crippen molar-refractivity contribution in [2.45, 2.75) is 0 Å². The molecule has 6 heteroatoms. The normalized spacial score (nSPS) is 10.9. The molecule has 217 valence electrons. The first-order valence-corrected chi connectivity index (χ1v) is 15.2. The average molecular weight is 773 g/mol. The van der Waals surface area contributed by atoms with Crippen LogP contribution in [0.5, 0.6) is 0 Å². The molecule has 0 bridgehead atoms. The van der Waals surface area contributed by atoms with Crippen molar-refractivity contribution >= 4 is 53.4 Å². The fourth-order valence-electron chi connectivity index (χ4n) is 5.60. The summed E-state index contributed by atoms with van der Waals surface area (Å²) >= 11 is 1.80. The number of thiophene rings is 1. The van der Waals surface area contributed by atoms with Gasteiger partial charge in [-0.15, -0.1) is 54.1 Å². The first kappa shape index (κ1) is 28.8. The van der Waals surface area contributed by atoms with E-state index in [4.69, 9.17) is 9.97 Å². The van der Waals surface area contributed by atoms with E-state index in [-0.39, 0.29) is 20.1 Å². The summed E-state index contributed by atoms with van der Waals surface area (Å²) in [6.45, 7) is 0. The Labute approximate surface area is 278 Å². The van der Waals surface area contributed by atoms with Crippen LogP contribution >= 0.6 is 11.3 Å². The summed E-state index contributed by atoms with van der Waals surface area (Å²) in [5, 5.41) is 3.58. The standard InChI is InChI=1S/C28H16N3S.C11H8N.Ir/c1-2-9-18(10-3-1)31-24-17-29-23-15-6-4-12-21(23)26(24)30-28(31)22-14-8-13-20-19-11-5-7-16-25(19)32-27(20)22;1-2-6-10(7-3-1)11-8-4-5-9-12-11;/h1-13,15-17H;1-6,8-9H;/q2*-1;. The third kappa shape index (κ3) is 5.34. The predicted octanol–water partition coefficient (Wildman–Crippen LogP) is 9.96. The van der Waals surface area contributed by atoms with Crippen LogP contribution in [0.3, 0.4) is 0 Å². The molecule has 0 aliphatic carbocycles. The zero-order valence-corrected chi connectivity index (χ0v) is 27.1. The quantitative estimate of drug-likeness (QED) is 0.168. The van der Waals surface area contributed by atoms with Crippen LogP contribution in [0.1, 0.15) is 0 Å². The van der Waals surface area contributed by atoms with Crippen LogP contribution in [0.15, 0.2) is 146 Å². The Kier molecular flexibility index (Phi) is 8.02. The van der Waals surface area contributed by atoms with Crippen LogP contribution < -0.4 is 0 Å². The Bertz CT molecular complexity index is 2350. The van der Waals surface area contributed by atoms with Crippen molar-refractivity contribution < 1.29 is 20.1 Å². The maximum atomic E-state index is 5.21. The Morgan fingerprint density at radius 2 is 1.40 bits per heavy atom. The fraction of sp³-hybridized carbons (Fsp3) is 0. The van der Waals surface area contributed by atoms with E-state index in [2.05, 4.69) is 82.3 Å². The number of hydrogen-bond acceptors (Lipinski definition) is 4. The number of fused-ring (bicyclic) bond motifs is 6. The summed E-state index contributed by atoms with van der Waals surface area (Å²) in [4.78, 5) is 14.2. The molecular formula is C39H24IrN4S-2. The van der Waals surface area contributed by atoms with Gasteiger partial charge < -0.3 is 9.55 Å². The summed E-state index contributed by atoms with van der Waals surface area (Å²) in [5.41, 5.74) is 7.00.